The molecule has 1 aliphatic carbocycles. The van der Waals surface area contributed by atoms with Crippen LogP contribution >= 0.6 is 0 Å². The number of ether oxygens (including phenoxy) is 1. The zero-order valence-electron chi connectivity index (χ0n) is 11.4. The number of hydrogen-bond donors (Lipinski definition) is 0. The van der Waals surface area contributed by atoms with Crippen molar-refractivity contribution >= 4 is 5.78 Å². The Hall–Kier alpha value is -2.23. The molecule has 4 nitrogen and oxygen atoms in total. The average Bonchev–Trinajstić information content (AvgIpc) is 2.45. The first kappa shape index (κ1) is 12.8. The van der Waals surface area contributed by atoms with E-state index in [4.69, 9.17) is 4.74 Å². The quantitative estimate of drug-likeness (QED) is 0.800. The molecule has 1 heterocycles. The number of hydrogen-bond acceptors (Lipinski definition) is 4. The molecule has 1 aromatic heterocycles. The molecule has 1 fully saturated rings. The summed E-state index contributed by atoms with van der Waals surface area (Å²) >= 11 is 0. The highest BCUT2D eigenvalue weighted by atomic mass is 16.5. The number of aromatic nitrogens is 2. The lowest BCUT2D eigenvalue weighted by atomic mass is 9.79. The summed E-state index contributed by atoms with van der Waals surface area (Å²) in [5.41, 5.74) is 2.29. The Balaban J connectivity index is 1.89. The largest absolute Gasteiger partial charge is 0.481 e. The molecule has 102 valence electrons. The van der Waals surface area contributed by atoms with Crippen LogP contribution in [0.4, 0.5) is 0 Å². The van der Waals surface area contributed by atoms with Gasteiger partial charge in [-0.2, -0.15) is 0 Å². The van der Waals surface area contributed by atoms with E-state index in [1.807, 2.05) is 18.2 Å². The SMILES string of the molecule is COc1cc(C(=O)c2cccc(C3CCC3)c2)ncn1. The fourth-order valence-corrected chi connectivity index (χ4v) is 2.40. The third-order valence-electron chi connectivity index (χ3n) is 3.81. The topological polar surface area (TPSA) is 52.1 Å². The van der Waals surface area contributed by atoms with Crippen LogP contribution in [0.1, 0.15) is 46.8 Å². The number of carbonyl (C=O) groups is 1. The number of methoxy groups -OCH3 is 1. The third kappa shape index (κ3) is 2.41. The van der Waals surface area contributed by atoms with Crippen molar-refractivity contribution in [2.24, 2.45) is 0 Å². The van der Waals surface area contributed by atoms with Gasteiger partial charge >= 0.3 is 0 Å². The van der Waals surface area contributed by atoms with Crippen molar-refractivity contribution in [1.29, 1.82) is 0 Å². The van der Waals surface area contributed by atoms with Gasteiger partial charge in [0.2, 0.25) is 11.7 Å². The molecular formula is C16H16N2O2. The average molecular weight is 268 g/mol. The molecule has 0 saturated heterocycles. The van der Waals surface area contributed by atoms with E-state index in [-0.39, 0.29) is 5.78 Å². The Bertz CT molecular complexity index is 636. The maximum absolute atomic E-state index is 12.4. The first-order valence-electron chi connectivity index (χ1n) is 6.78. The molecule has 1 aliphatic rings. The van der Waals surface area contributed by atoms with E-state index in [9.17, 15) is 4.79 Å². The molecule has 1 aromatic carbocycles. The Morgan fingerprint density at radius 2 is 2.10 bits per heavy atom. The molecule has 0 atom stereocenters. The van der Waals surface area contributed by atoms with Crippen molar-refractivity contribution in [2.45, 2.75) is 25.2 Å². The van der Waals surface area contributed by atoms with Crippen molar-refractivity contribution < 1.29 is 9.53 Å². The van der Waals surface area contributed by atoms with Crippen LogP contribution in [-0.2, 0) is 0 Å². The van der Waals surface area contributed by atoms with E-state index in [1.54, 1.807) is 6.07 Å². The Kier molecular flexibility index (Phi) is 3.46. The molecule has 0 aliphatic heterocycles. The zero-order valence-corrected chi connectivity index (χ0v) is 11.4. The molecule has 20 heavy (non-hydrogen) atoms. The lowest BCUT2D eigenvalue weighted by molar-refractivity contribution is 0.103. The van der Waals surface area contributed by atoms with Gasteiger partial charge in [0.05, 0.1) is 7.11 Å². The summed E-state index contributed by atoms with van der Waals surface area (Å²) in [5.74, 6) is 0.924. The van der Waals surface area contributed by atoms with E-state index >= 15 is 0 Å². The van der Waals surface area contributed by atoms with E-state index in [0.717, 1.165) is 0 Å². The maximum atomic E-state index is 12.4. The van der Waals surface area contributed by atoms with Gasteiger partial charge in [0, 0.05) is 11.6 Å². The molecule has 4 heteroatoms. The van der Waals surface area contributed by atoms with Gasteiger partial charge in [0.25, 0.3) is 0 Å². The monoisotopic (exact) mass is 268 g/mol. The second-order valence-corrected chi connectivity index (χ2v) is 5.03. The smallest absolute Gasteiger partial charge is 0.216 e. The van der Waals surface area contributed by atoms with Gasteiger partial charge in [-0.1, -0.05) is 24.6 Å². The summed E-state index contributed by atoms with van der Waals surface area (Å²) in [6, 6.07) is 9.43. The summed E-state index contributed by atoms with van der Waals surface area (Å²) in [4.78, 5) is 20.4. The minimum absolute atomic E-state index is 0.0909. The van der Waals surface area contributed by atoms with Crippen molar-refractivity contribution in [3.63, 3.8) is 0 Å². The van der Waals surface area contributed by atoms with Crippen molar-refractivity contribution in [3.8, 4) is 5.88 Å². The van der Waals surface area contributed by atoms with Crippen molar-refractivity contribution in [3.05, 3.63) is 53.5 Å². The minimum atomic E-state index is -0.0909. The number of rotatable bonds is 4. The van der Waals surface area contributed by atoms with Gasteiger partial charge in [-0.25, -0.2) is 9.97 Å². The first-order valence-corrected chi connectivity index (χ1v) is 6.78. The van der Waals surface area contributed by atoms with Gasteiger partial charge in [0.1, 0.15) is 12.0 Å². The summed E-state index contributed by atoms with van der Waals surface area (Å²) in [7, 11) is 1.52. The molecule has 0 spiro atoms. The fraction of sp³-hybridized carbons (Fsp3) is 0.312. The molecule has 0 bridgehead atoms. The fourth-order valence-electron chi connectivity index (χ4n) is 2.40. The second-order valence-electron chi connectivity index (χ2n) is 5.03. The van der Waals surface area contributed by atoms with Crippen LogP contribution in [0.15, 0.2) is 36.7 Å². The van der Waals surface area contributed by atoms with E-state index in [2.05, 4.69) is 16.0 Å². The lowest BCUT2D eigenvalue weighted by Crippen LogP contribution is -2.10. The molecule has 0 unspecified atom stereocenters. The summed E-state index contributed by atoms with van der Waals surface area (Å²) in [6.45, 7) is 0. The van der Waals surface area contributed by atoms with Crippen LogP contribution in [0.5, 0.6) is 5.88 Å². The Morgan fingerprint density at radius 3 is 2.80 bits per heavy atom. The van der Waals surface area contributed by atoms with Crippen LogP contribution < -0.4 is 4.74 Å². The van der Waals surface area contributed by atoms with Crippen LogP contribution in [0.3, 0.4) is 0 Å². The van der Waals surface area contributed by atoms with Crippen LogP contribution in [0, 0.1) is 0 Å². The summed E-state index contributed by atoms with van der Waals surface area (Å²) in [6.07, 6.45) is 5.08. The molecular weight excluding hydrogens is 252 g/mol. The Labute approximate surface area is 117 Å². The van der Waals surface area contributed by atoms with Gasteiger partial charge in [-0.05, 0) is 30.4 Å². The van der Waals surface area contributed by atoms with Crippen LogP contribution in [0.2, 0.25) is 0 Å². The van der Waals surface area contributed by atoms with E-state index < -0.39 is 0 Å². The second kappa shape index (κ2) is 5.41. The summed E-state index contributed by atoms with van der Waals surface area (Å²) < 4.78 is 5.03. The standard InChI is InChI=1S/C16H16N2O2/c1-20-15-9-14(17-10-18-15)16(19)13-7-3-6-12(8-13)11-4-2-5-11/h3,6-11H,2,4-5H2,1H3. The summed E-state index contributed by atoms with van der Waals surface area (Å²) in [5, 5.41) is 0. The molecule has 0 amide bonds. The van der Waals surface area contributed by atoms with E-state index in [1.165, 1.54) is 38.3 Å². The number of benzene rings is 1. The van der Waals surface area contributed by atoms with Gasteiger partial charge < -0.3 is 4.74 Å². The van der Waals surface area contributed by atoms with Gasteiger partial charge in [-0.15, -0.1) is 0 Å². The molecule has 2 aromatic rings. The van der Waals surface area contributed by atoms with Crippen molar-refractivity contribution in [2.75, 3.05) is 7.11 Å². The van der Waals surface area contributed by atoms with E-state index in [0.29, 0.717) is 23.1 Å². The van der Waals surface area contributed by atoms with Gasteiger partial charge in [-0.3, -0.25) is 4.79 Å². The zero-order chi connectivity index (χ0) is 13.9. The molecule has 3 rings (SSSR count). The normalized spacial score (nSPS) is 14.7. The predicted octanol–water partition coefficient (Wildman–Crippen LogP) is 2.98. The number of nitrogens with zero attached hydrogens (tertiary/aromatic N) is 2. The highest BCUT2D eigenvalue weighted by Crippen LogP contribution is 2.36. The van der Waals surface area contributed by atoms with Crippen LogP contribution in [-0.4, -0.2) is 22.9 Å². The molecule has 1 saturated carbocycles. The predicted molar refractivity (Wildman–Crippen MR) is 75.1 cm³/mol. The lowest BCUT2D eigenvalue weighted by Gasteiger charge is -2.26. The maximum Gasteiger partial charge on any atom is 0.216 e. The number of ketones is 1. The highest BCUT2D eigenvalue weighted by molar-refractivity contribution is 6.07. The van der Waals surface area contributed by atoms with Crippen LogP contribution in [0.25, 0.3) is 0 Å². The minimum Gasteiger partial charge on any atom is -0.481 e. The third-order valence-corrected chi connectivity index (χ3v) is 3.81. The molecule has 0 radical (unpaired) electrons. The first-order chi connectivity index (χ1) is 9.78. The highest BCUT2D eigenvalue weighted by Gasteiger charge is 2.21. The van der Waals surface area contributed by atoms with Gasteiger partial charge in [0.15, 0.2) is 0 Å². The Morgan fingerprint density at radius 1 is 1.25 bits per heavy atom. The molecule has 0 N–H and O–H groups in total. The van der Waals surface area contributed by atoms with Crippen molar-refractivity contribution in [1.82, 2.24) is 9.97 Å². The number of carbonyl (C=O) groups excluding carboxylic acids is 1.